The van der Waals surface area contributed by atoms with Crippen molar-refractivity contribution < 1.29 is 29.4 Å². The van der Waals surface area contributed by atoms with Crippen molar-refractivity contribution in [2.75, 3.05) is 50.6 Å². The number of nitrogens with zero attached hydrogens (tertiary/aromatic N) is 2. The highest BCUT2D eigenvalue weighted by Crippen LogP contribution is 2.41. The first-order valence-corrected chi connectivity index (χ1v) is 12.3. The Labute approximate surface area is 226 Å². The molecule has 0 saturated heterocycles. The summed E-state index contributed by atoms with van der Waals surface area (Å²) in [5.74, 6) is -1.73. The van der Waals surface area contributed by atoms with Gasteiger partial charge in [-0.15, -0.1) is 0 Å². The summed E-state index contributed by atoms with van der Waals surface area (Å²) in [5, 5.41) is 21.7. The maximum absolute atomic E-state index is 13.4. The lowest BCUT2D eigenvalue weighted by molar-refractivity contribution is -0.112. The first kappa shape index (κ1) is 27.5. The molecule has 10 heteroatoms. The molecule has 0 saturated carbocycles. The number of carbonyl (C=O) groups excluding carboxylic acids is 2. The van der Waals surface area contributed by atoms with Gasteiger partial charge in [-0.25, -0.2) is 10.3 Å². The number of likely N-dealkylation sites (N-methyl/N-ethyl adjacent to an activating group) is 2. The summed E-state index contributed by atoms with van der Waals surface area (Å²) in [4.78, 5) is 45.9. The summed E-state index contributed by atoms with van der Waals surface area (Å²) in [7, 11) is 3.46. The Hall–Kier alpha value is -4.51. The Bertz CT molecular complexity index is 1390. The minimum atomic E-state index is -1.07. The number of hydrogen-bond acceptors (Lipinski definition) is 7. The number of hydroxylamine groups is 1. The van der Waals surface area contributed by atoms with Crippen molar-refractivity contribution in [2.24, 2.45) is 0 Å². The average Bonchev–Trinajstić information content (AvgIpc) is 3.19. The van der Waals surface area contributed by atoms with Crippen LogP contribution in [-0.4, -0.2) is 73.3 Å². The number of carbonyl (C=O) groups is 3. The summed E-state index contributed by atoms with van der Waals surface area (Å²) >= 11 is 0. The number of hydrogen-bond donors (Lipinski definition) is 4. The van der Waals surface area contributed by atoms with E-state index in [9.17, 15) is 19.5 Å². The number of rotatable bonds is 11. The van der Waals surface area contributed by atoms with Crippen LogP contribution in [0.4, 0.5) is 11.4 Å². The van der Waals surface area contributed by atoms with Crippen LogP contribution in [0, 0.1) is 0 Å². The lowest BCUT2D eigenvalue weighted by Crippen LogP contribution is -2.31. The molecule has 0 unspecified atom stereocenters. The fourth-order valence-corrected chi connectivity index (χ4v) is 4.18. The van der Waals surface area contributed by atoms with E-state index in [0.717, 1.165) is 5.56 Å². The number of aromatic carboxylic acids is 1. The molecule has 4 N–H and O–H groups in total. The van der Waals surface area contributed by atoms with Crippen LogP contribution < -0.4 is 15.7 Å². The number of aliphatic hydroxyl groups excluding tert-OH is 1. The van der Waals surface area contributed by atoms with Crippen LogP contribution in [0.25, 0.3) is 11.3 Å². The van der Waals surface area contributed by atoms with Crippen LogP contribution in [0.15, 0.2) is 72.8 Å². The van der Waals surface area contributed by atoms with Crippen molar-refractivity contribution in [2.45, 2.75) is 0 Å². The highest BCUT2D eigenvalue weighted by molar-refractivity contribution is 6.38. The van der Waals surface area contributed by atoms with Gasteiger partial charge in [0.2, 0.25) is 0 Å². The number of carboxylic acid groups (broad SMARTS) is 1. The maximum atomic E-state index is 13.4. The molecule has 0 atom stereocenters. The second-order valence-electron chi connectivity index (χ2n) is 9.03. The number of aliphatic hydroxyl groups is 1. The van der Waals surface area contributed by atoms with E-state index in [4.69, 9.17) is 9.94 Å². The molecular formula is C29H30N4O6. The molecule has 3 aromatic carbocycles. The number of carboxylic acids is 1. The van der Waals surface area contributed by atoms with Crippen molar-refractivity contribution in [3.8, 4) is 0 Å². The van der Waals surface area contributed by atoms with Gasteiger partial charge in [0.25, 0.3) is 11.8 Å². The summed E-state index contributed by atoms with van der Waals surface area (Å²) in [6, 6.07) is 20.7. The molecule has 0 spiro atoms. The topological polar surface area (TPSA) is 131 Å². The van der Waals surface area contributed by atoms with E-state index in [2.05, 4.69) is 10.8 Å². The Morgan fingerprint density at radius 3 is 2.31 bits per heavy atom. The molecule has 10 nitrogen and oxygen atoms in total. The predicted molar refractivity (Wildman–Crippen MR) is 148 cm³/mol. The van der Waals surface area contributed by atoms with E-state index >= 15 is 0 Å². The Balaban J connectivity index is 1.58. The van der Waals surface area contributed by atoms with Gasteiger partial charge in [0.1, 0.15) is 0 Å². The molecule has 3 aromatic rings. The molecule has 2 amide bonds. The van der Waals surface area contributed by atoms with Crippen LogP contribution in [0.3, 0.4) is 0 Å². The van der Waals surface area contributed by atoms with Crippen LogP contribution in [0.1, 0.15) is 31.8 Å². The average molecular weight is 531 g/mol. The van der Waals surface area contributed by atoms with Gasteiger partial charge in [0.15, 0.2) is 0 Å². The number of amides is 2. The van der Waals surface area contributed by atoms with E-state index in [1.165, 1.54) is 17.0 Å². The zero-order valence-corrected chi connectivity index (χ0v) is 21.7. The Morgan fingerprint density at radius 1 is 0.949 bits per heavy atom. The monoisotopic (exact) mass is 530 g/mol. The molecule has 0 aromatic heterocycles. The third kappa shape index (κ3) is 6.32. The van der Waals surface area contributed by atoms with Gasteiger partial charge < -0.3 is 25.3 Å². The SMILES string of the molecule is CN(CCO)CCONC(=O)c1ccc(NC(=C2C(=O)N(C)c3cc(C(=O)O)ccc32)c2ccccc2)cc1. The first-order chi connectivity index (χ1) is 18.8. The molecule has 1 aliphatic heterocycles. The second-order valence-corrected chi connectivity index (χ2v) is 9.03. The molecule has 0 aliphatic carbocycles. The summed E-state index contributed by atoms with van der Waals surface area (Å²) in [6.07, 6.45) is 0. The smallest absolute Gasteiger partial charge is 0.335 e. The molecule has 0 fully saturated rings. The minimum absolute atomic E-state index is 0.0505. The Morgan fingerprint density at radius 2 is 1.64 bits per heavy atom. The van der Waals surface area contributed by atoms with Crippen molar-refractivity contribution in [1.82, 2.24) is 10.4 Å². The van der Waals surface area contributed by atoms with Gasteiger partial charge in [0.05, 0.1) is 35.7 Å². The van der Waals surface area contributed by atoms with E-state index in [1.54, 1.807) is 37.4 Å². The number of nitrogens with one attached hydrogen (secondary N) is 2. The van der Waals surface area contributed by atoms with E-state index in [0.29, 0.717) is 46.9 Å². The highest BCUT2D eigenvalue weighted by Gasteiger charge is 2.33. The van der Waals surface area contributed by atoms with Crippen LogP contribution in [0.2, 0.25) is 0 Å². The van der Waals surface area contributed by atoms with Crippen molar-refractivity contribution in [3.05, 3.63) is 95.1 Å². The fraction of sp³-hybridized carbons (Fsp3) is 0.207. The maximum Gasteiger partial charge on any atom is 0.335 e. The summed E-state index contributed by atoms with van der Waals surface area (Å²) in [5.41, 5.74) is 6.42. The minimum Gasteiger partial charge on any atom is -0.478 e. The van der Waals surface area contributed by atoms with Gasteiger partial charge >= 0.3 is 5.97 Å². The van der Waals surface area contributed by atoms with Crippen molar-refractivity contribution in [1.29, 1.82) is 0 Å². The number of benzene rings is 3. The third-order valence-electron chi connectivity index (χ3n) is 6.34. The molecule has 0 radical (unpaired) electrons. The summed E-state index contributed by atoms with van der Waals surface area (Å²) in [6.45, 7) is 1.39. The molecular weight excluding hydrogens is 500 g/mol. The van der Waals surface area contributed by atoms with E-state index < -0.39 is 11.9 Å². The predicted octanol–water partition coefficient (Wildman–Crippen LogP) is 2.93. The van der Waals surface area contributed by atoms with Crippen LogP contribution in [0.5, 0.6) is 0 Å². The summed E-state index contributed by atoms with van der Waals surface area (Å²) < 4.78 is 0. The van der Waals surface area contributed by atoms with E-state index in [-0.39, 0.29) is 24.7 Å². The standard InChI is InChI=1S/C29H30N4O6/c1-32(14-16-34)15-17-39-31-27(35)20-8-11-22(12-9-20)30-26(19-6-4-3-5-7-19)25-23-13-10-21(29(37)38)18-24(23)33(2)28(25)36/h3-13,18,30,34H,14-17H2,1-2H3,(H,31,35)(H,37,38). The molecule has 4 rings (SSSR count). The Kier molecular flexibility index (Phi) is 8.72. The van der Waals surface area contributed by atoms with Gasteiger partial charge in [0, 0.05) is 37.0 Å². The molecule has 1 aliphatic rings. The lowest BCUT2D eigenvalue weighted by atomic mass is 9.99. The molecule has 0 bridgehead atoms. The number of fused-ring (bicyclic) bond motifs is 1. The zero-order chi connectivity index (χ0) is 27.9. The lowest BCUT2D eigenvalue weighted by Gasteiger charge is -2.16. The van der Waals surface area contributed by atoms with E-state index in [1.807, 2.05) is 42.3 Å². The molecule has 1 heterocycles. The first-order valence-electron chi connectivity index (χ1n) is 12.3. The molecule has 202 valence electrons. The van der Waals surface area contributed by atoms with Crippen LogP contribution >= 0.6 is 0 Å². The van der Waals surface area contributed by atoms with Gasteiger partial charge in [-0.05, 0) is 49.0 Å². The van der Waals surface area contributed by atoms with Crippen molar-refractivity contribution in [3.63, 3.8) is 0 Å². The van der Waals surface area contributed by atoms with Gasteiger partial charge in [-0.2, -0.15) is 0 Å². The van der Waals surface area contributed by atoms with Crippen LogP contribution in [-0.2, 0) is 9.63 Å². The van der Waals surface area contributed by atoms with Crippen molar-refractivity contribution >= 4 is 40.4 Å². The highest BCUT2D eigenvalue weighted by atomic mass is 16.7. The third-order valence-corrected chi connectivity index (χ3v) is 6.34. The molecule has 39 heavy (non-hydrogen) atoms. The largest absolute Gasteiger partial charge is 0.478 e. The second kappa shape index (κ2) is 12.4. The fourth-order valence-electron chi connectivity index (χ4n) is 4.18. The number of anilines is 2. The quantitative estimate of drug-likeness (QED) is 0.169. The zero-order valence-electron chi connectivity index (χ0n) is 21.7. The van der Waals surface area contributed by atoms with Gasteiger partial charge in [-0.1, -0.05) is 36.4 Å². The van der Waals surface area contributed by atoms with Gasteiger partial charge in [-0.3, -0.25) is 14.4 Å². The normalized spacial score (nSPS) is 13.8.